The highest BCUT2D eigenvalue weighted by molar-refractivity contribution is 5.72. The van der Waals surface area contributed by atoms with E-state index in [-0.39, 0.29) is 5.91 Å². The number of nitrogens with one attached hydrogen (secondary N) is 1. The van der Waals surface area contributed by atoms with Crippen LogP contribution >= 0.6 is 0 Å². The second kappa shape index (κ2) is 18.3. The highest BCUT2D eigenvalue weighted by Gasteiger charge is 1.94. The van der Waals surface area contributed by atoms with Crippen molar-refractivity contribution >= 4 is 5.91 Å². The van der Waals surface area contributed by atoms with Gasteiger partial charge in [-0.05, 0) is 6.42 Å². The third-order valence-electron chi connectivity index (χ3n) is 2.46. The largest absolute Gasteiger partial charge is 0.379 e. The molecule has 0 aromatic rings. The van der Waals surface area contributed by atoms with Gasteiger partial charge in [-0.3, -0.25) is 4.79 Å². The Labute approximate surface area is 133 Å². The van der Waals surface area contributed by atoms with E-state index < -0.39 is 0 Å². The lowest BCUT2D eigenvalue weighted by Gasteiger charge is -2.08. The van der Waals surface area contributed by atoms with Crippen LogP contribution in [0.4, 0.5) is 0 Å². The fraction of sp³-hybridized carbons (Fsp3) is 0.933. The summed E-state index contributed by atoms with van der Waals surface area (Å²) in [4.78, 5) is 10.6. The lowest BCUT2D eigenvalue weighted by molar-refractivity contribution is -0.119. The summed E-state index contributed by atoms with van der Waals surface area (Å²) in [6.07, 6.45) is 1.03. The first-order valence-corrected chi connectivity index (χ1v) is 7.90. The molecule has 0 saturated heterocycles. The summed E-state index contributed by atoms with van der Waals surface area (Å²) in [7, 11) is 0. The summed E-state index contributed by atoms with van der Waals surface area (Å²) in [5.41, 5.74) is 0. The van der Waals surface area contributed by atoms with Crippen molar-refractivity contribution in [3.8, 4) is 0 Å². The third kappa shape index (κ3) is 19.3. The molecule has 0 aliphatic rings. The van der Waals surface area contributed by atoms with Gasteiger partial charge in [0, 0.05) is 20.1 Å². The average molecular weight is 321 g/mol. The van der Waals surface area contributed by atoms with Crippen LogP contribution in [0.15, 0.2) is 0 Å². The second-order valence-corrected chi connectivity index (χ2v) is 4.54. The monoisotopic (exact) mass is 321 g/mol. The summed E-state index contributed by atoms with van der Waals surface area (Å²) < 4.78 is 26.6. The van der Waals surface area contributed by atoms with Gasteiger partial charge in [-0.2, -0.15) is 0 Å². The molecule has 7 heteroatoms. The molecule has 0 radical (unpaired) electrons. The van der Waals surface area contributed by atoms with Crippen molar-refractivity contribution in [1.82, 2.24) is 5.32 Å². The zero-order chi connectivity index (χ0) is 16.3. The van der Waals surface area contributed by atoms with Gasteiger partial charge in [-0.25, -0.2) is 0 Å². The number of rotatable bonds is 17. The number of hydrogen-bond donors (Lipinski definition) is 1. The third-order valence-corrected chi connectivity index (χ3v) is 2.46. The molecule has 0 aliphatic carbocycles. The van der Waals surface area contributed by atoms with Crippen LogP contribution in [0.5, 0.6) is 0 Å². The number of amides is 1. The lowest BCUT2D eigenvalue weighted by atomic mass is 10.5. The first kappa shape index (κ1) is 21.3. The molecule has 22 heavy (non-hydrogen) atoms. The van der Waals surface area contributed by atoms with E-state index in [9.17, 15) is 4.79 Å². The summed E-state index contributed by atoms with van der Waals surface area (Å²) in [6, 6.07) is 0. The Morgan fingerprint density at radius 1 is 0.682 bits per heavy atom. The first-order valence-electron chi connectivity index (χ1n) is 7.90. The summed E-state index contributed by atoms with van der Waals surface area (Å²) in [6.45, 7) is 9.87. The first-order chi connectivity index (χ1) is 10.8. The second-order valence-electron chi connectivity index (χ2n) is 4.54. The van der Waals surface area contributed by atoms with Crippen molar-refractivity contribution in [3.63, 3.8) is 0 Å². The average Bonchev–Trinajstić information content (AvgIpc) is 2.50. The Morgan fingerprint density at radius 3 is 1.41 bits per heavy atom. The lowest BCUT2D eigenvalue weighted by Crippen LogP contribution is -2.25. The number of hydrogen-bond acceptors (Lipinski definition) is 6. The number of carbonyl (C=O) groups is 1. The maximum absolute atomic E-state index is 10.6. The van der Waals surface area contributed by atoms with Gasteiger partial charge in [-0.1, -0.05) is 6.92 Å². The fourth-order valence-electron chi connectivity index (χ4n) is 1.43. The van der Waals surface area contributed by atoms with Gasteiger partial charge < -0.3 is 29.0 Å². The molecule has 0 spiro atoms. The van der Waals surface area contributed by atoms with E-state index >= 15 is 0 Å². The summed E-state index contributed by atoms with van der Waals surface area (Å²) >= 11 is 0. The van der Waals surface area contributed by atoms with Crippen LogP contribution in [-0.2, 0) is 28.5 Å². The van der Waals surface area contributed by atoms with Gasteiger partial charge in [0.05, 0.1) is 59.5 Å². The van der Waals surface area contributed by atoms with Crippen LogP contribution in [-0.4, -0.2) is 78.5 Å². The Morgan fingerprint density at radius 2 is 1.05 bits per heavy atom. The maximum Gasteiger partial charge on any atom is 0.216 e. The van der Waals surface area contributed by atoms with Crippen molar-refractivity contribution in [3.05, 3.63) is 0 Å². The highest BCUT2D eigenvalue weighted by atomic mass is 16.6. The smallest absolute Gasteiger partial charge is 0.216 e. The van der Waals surface area contributed by atoms with E-state index in [2.05, 4.69) is 12.2 Å². The van der Waals surface area contributed by atoms with Crippen molar-refractivity contribution in [1.29, 1.82) is 0 Å². The SMILES string of the molecule is CCCOCCOCCOCCOCCOCCNC(C)=O. The Kier molecular flexibility index (Phi) is 17.7. The minimum Gasteiger partial charge on any atom is -0.379 e. The van der Waals surface area contributed by atoms with Crippen LogP contribution < -0.4 is 5.32 Å². The quantitative estimate of drug-likeness (QED) is 0.396. The summed E-state index contributed by atoms with van der Waals surface area (Å²) in [5.74, 6) is -0.0468. The van der Waals surface area contributed by atoms with Crippen molar-refractivity contribution < 1.29 is 28.5 Å². The zero-order valence-corrected chi connectivity index (χ0v) is 13.9. The van der Waals surface area contributed by atoms with Crippen LogP contribution in [0, 0.1) is 0 Å². The molecular weight excluding hydrogens is 290 g/mol. The number of ether oxygens (including phenoxy) is 5. The fourth-order valence-corrected chi connectivity index (χ4v) is 1.43. The van der Waals surface area contributed by atoms with Gasteiger partial charge in [0.25, 0.3) is 0 Å². The van der Waals surface area contributed by atoms with Crippen LogP contribution in [0.3, 0.4) is 0 Å². The molecule has 0 aliphatic heterocycles. The molecule has 132 valence electrons. The number of carbonyl (C=O) groups excluding carboxylic acids is 1. The molecule has 0 rings (SSSR count). The zero-order valence-electron chi connectivity index (χ0n) is 13.9. The molecule has 1 N–H and O–H groups in total. The molecular formula is C15H31NO6. The predicted molar refractivity (Wildman–Crippen MR) is 83.1 cm³/mol. The van der Waals surface area contributed by atoms with Gasteiger partial charge in [0.15, 0.2) is 0 Å². The van der Waals surface area contributed by atoms with Gasteiger partial charge in [0.2, 0.25) is 5.91 Å². The normalized spacial score (nSPS) is 10.8. The van der Waals surface area contributed by atoms with E-state index in [1.165, 1.54) is 6.92 Å². The molecule has 0 heterocycles. The van der Waals surface area contributed by atoms with Crippen LogP contribution in [0.2, 0.25) is 0 Å². The minimum atomic E-state index is -0.0468. The van der Waals surface area contributed by atoms with E-state index in [1.807, 2.05) is 0 Å². The van der Waals surface area contributed by atoms with E-state index in [1.54, 1.807) is 0 Å². The molecule has 0 bridgehead atoms. The van der Waals surface area contributed by atoms with Crippen molar-refractivity contribution in [2.75, 3.05) is 72.6 Å². The standard InChI is InChI=1S/C15H31NO6/c1-3-5-18-7-9-20-11-13-22-14-12-21-10-8-19-6-4-16-15(2)17/h3-14H2,1-2H3,(H,16,17). The molecule has 0 unspecified atom stereocenters. The Hall–Kier alpha value is -0.730. The van der Waals surface area contributed by atoms with Crippen molar-refractivity contribution in [2.24, 2.45) is 0 Å². The molecule has 0 aromatic carbocycles. The molecule has 1 amide bonds. The van der Waals surface area contributed by atoms with Crippen molar-refractivity contribution in [2.45, 2.75) is 20.3 Å². The van der Waals surface area contributed by atoms with E-state index in [4.69, 9.17) is 23.7 Å². The molecule has 0 saturated carbocycles. The van der Waals surface area contributed by atoms with E-state index in [0.29, 0.717) is 66.0 Å². The Bertz CT molecular complexity index is 240. The van der Waals surface area contributed by atoms with E-state index in [0.717, 1.165) is 13.0 Å². The van der Waals surface area contributed by atoms with Gasteiger partial charge in [0.1, 0.15) is 0 Å². The topological polar surface area (TPSA) is 75.2 Å². The van der Waals surface area contributed by atoms with Gasteiger partial charge in [-0.15, -0.1) is 0 Å². The van der Waals surface area contributed by atoms with Gasteiger partial charge >= 0.3 is 0 Å². The summed E-state index contributed by atoms with van der Waals surface area (Å²) in [5, 5.41) is 2.65. The predicted octanol–water partition coefficient (Wildman–Crippen LogP) is 0.616. The minimum absolute atomic E-state index is 0.0468. The van der Waals surface area contributed by atoms with Crippen LogP contribution in [0.1, 0.15) is 20.3 Å². The Balaban J connectivity index is 2.95. The molecule has 0 fully saturated rings. The van der Waals surface area contributed by atoms with Crippen LogP contribution in [0.25, 0.3) is 0 Å². The highest BCUT2D eigenvalue weighted by Crippen LogP contribution is 1.84. The molecule has 0 aromatic heterocycles. The molecule has 7 nitrogen and oxygen atoms in total. The maximum atomic E-state index is 10.6. The molecule has 0 atom stereocenters.